The fourth-order valence-electron chi connectivity index (χ4n) is 9.37. The van der Waals surface area contributed by atoms with Crippen molar-refractivity contribution in [3.8, 4) is 28.1 Å². The number of likely N-dealkylation sites (N-methyl/N-ethyl adjacent to an activating group) is 1. The molecule has 0 aliphatic carbocycles. The molecule has 0 radical (unpaired) electrons. The maximum Gasteiger partial charge on any atom is 0.259 e. The second-order valence-corrected chi connectivity index (χ2v) is 18.2. The number of carbonyl (C=O) groups excluding carboxylic acids is 3. The minimum Gasteiger partial charge on any atom is -0.508 e. The average molecular weight is 852 g/mol. The van der Waals surface area contributed by atoms with Gasteiger partial charge in [-0.15, -0.1) is 0 Å². The maximum atomic E-state index is 14.3. The number of aromatic hydroxyl groups is 1. The smallest absolute Gasteiger partial charge is 0.259 e. The van der Waals surface area contributed by atoms with Crippen LogP contribution < -0.4 is 16.1 Å². The van der Waals surface area contributed by atoms with Crippen LogP contribution in [0.4, 0.5) is 0 Å². The molecule has 4 aromatic rings. The largest absolute Gasteiger partial charge is 0.508 e. The lowest BCUT2D eigenvalue weighted by Crippen LogP contribution is -2.60. The van der Waals surface area contributed by atoms with E-state index < -0.39 is 12.1 Å². The van der Waals surface area contributed by atoms with Crippen molar-refractivity contribution in [2.75, 3.05) is 53.6 Å². The first-order chi connectivity index (χ1) is 29.8. The van der Waals surface area contributed by atoms with Gasteiger partial charge in [0.15, 0.2) is 0 Å². The first-order valence-corrected chi connectivity index (χ1v) is 22.6. The molecule has 2 fully saturated rings. The number of pyridine rings is 1. The molecule has 336 valence electrons. The Bertz CT molecular complexity index is 2170. The molecule has 6 rings (SSSR count). The molecule has 4 heterocycles. The zero-order valence-corrected chi connectivity index (χ0v) is 38.2. The molecule has 62 heavy (non-hydrogen) atoms. The Kier molecular flexibility index (Phi) is 15.8. The highest BCUT2D eigenvalue weighted by atomic mass is 16.5. The Labute approximate surface area is 367 Å². The number of carbonyl (C=O) groups is 3. The van der Waals surface area contributed by atoms with Gasteiger partial charge in [-0.1, -0.05) is 39.8 Å². The van der Waals surface area contributed by atoms with Crippen molar-refractivity contribution in [3.63, 3.8) is 0 Å². The normalized spacial score (nSPS) is 17.0. The van der Waals surface area contributed by atoms with Crippen LogP contribution in [0.1, 0.15) is 83.9 Å². The van der Waals surface area contributed by atoms with Crippen molar-refractivity contribution in [3.05, 3.63) is 71.5 Å². The Morgan fingerprint density at radius 3 is 2.53 bits per heavy atom. The van der Waals surface area contributed by atoms with Crippen molar-refractivity contribution in [1.82, 2.24) is 35.5 Å². The molecule has 0 unspecified atom stereocenters. The van der Waals surface area contributed by atoms with Crippen molar-refractivity contribution >= 4 is 28.6 Å². The average Bonchev–Trinajstić information content (AvgIpc) is 3.56. The number of nitrogens with one attached hydrogen (secondary N) is 3. The number of hydrogen-bond donors (Lipinski definition) is 4. The lowest BCUT2D eigenvalue weighted by molar-refractivity contribution is -0.146. The highest BCUT2D eigenvalue weighted by molar-refractivity contribution is 5.96. The number of methoxy groups -OCH3 is 1. The highest BCUT2D eigenvalue weighted by Gasteiger charge is 2.37. The van der Waals surface area contributed by atoms with E-state index in [1.165, 1.54) is 5.56 Å². The monoisotopic (exact) mass is 852 g/mol. The van der Waals surface area contributed by atoms with Gasteiger partial charge < -0.3 is 34.7 Å². The van der Waals surface area contributed by atoms with Crippen LogP contribution in [-0.4, -0.2) is 108 Å². The van der Waals surface area contributed by atoms with Gasteiger partial charge in [0.2, 0.25) is 11.8 Å². The summed E-state index contributed by atoms with van der Waals surface area (Å²) in [6.45, 7) is 17.5. The molecule has 3 amide bonds. The third-order valence-electron chi connectivity index (χ3n) is 12.4. The zero-order valence-electron chi connectivity index (χ0n) is 38.2. The Hall–Kier alpha value is -4.82. The molecule has 2 aliphatic rings. The van der Waals surface area contributed by atoms with Crippen LogP contribution in [0.3, 0.4) is 0 Å². The number of aromatic nitrogens is 2. The number of nitrogens with zero attached hydrogens (tertiary/aromatic N) is 4. The number of hydrazine groups is 1. The number of phenolic OH excluding ortho intramolecular Hbond substituents is 1. The van der Waals surface area contributed by atoms with Crippen LogP contribution in [0.25, 0.3) is 33.3 Å². The van der Waals surface area contributed by atoms with Gasteiger partial charge in [0, 0.05) is 82.2 Å². The Morgan fingerprint density at radius 2 is 1.85 bits per heavy atom. The summed E-state index contributed by atoms with van der Waals surface area (Å²) < 4.78 is 14.0. The third kappa shape index (κ3) is 10.9. The Balaban J connectivity index is 1.38. The summed E-state index contributed by atoms with van der Waals surface area (Å²) in [6, 6.07) is 12.1. The summed E-state index contributed by atoms with van der Waals surface area (Å²) in [6.07, 6.45) is 8.09. The van der Waals surface area contributed by atoms with Crippen LogP contribution in [0.5, 0.6) is 5.75 Å². The third-order valence-corrected chi connectivity index (χ3v) is 12.4. The number of phenols is 1. The second kappa shape index (κ2) is 21.0. The van der Waals surface area contributed by atoms with E-state index in [1.807, 2.05) is 39.1 Å². The lowest BCUT2D eigenvalue weighted by Gasteiger charge is -2.36. The van der Waals surface area contributed by atoms with E-state index >= 15 is 0 Å². The minimum atomic E-state index is -0.951. The number of piperidine rings is 1. The number of fused-ring (bicyclic) bond motifs is 1. The quantitative estimate of drug-likeness (QED) is 0.0882. The highest BCUT2D eigenvalue weighted by Crippen LogP contribution is 2.41. The summed E-state index contributed by atoms with van der Waals surface area (Å²) in [5.41, 5.74) is 10.9. The fourth-order valence-corrected chi connectivity index (χ4v) is 9.37. The molecular weight excluding hydrogens is 783 g/mol. The zero-order chi connectivity index (χ0) is 44.6. The van der Waals surface area contributed by atoms with Gasteiger partial charge in [-0.3, -0.25) is 24.4 Å². The van der Waals surface area contributed by atoms with Gasteiger partial charge in [-0.25, -0.2) is 5.43 Å². The van der Waals surface area contributed by atoms with Crippen molar-refractivity contribution in [2.45, 2.75) is 105 Å². The van der Waals surface area contributed by atoms with Gasteiger partial charge >= 0.3 is 0 Å². The van der Waals surface area contributed by atoms with E-state index in [4.69, 9.17) is 9.47 Å². The minimum absolute atomic E-state index is 0.0576. The van der Waals surface area contributed by atoms with Gasteiger partial charge in [-0.2, -0.15) is 0 Å². The maximum absolute atomic E-state index is 14.3. The number of aryl methyl sites for hydroxylation is 1. The number of rotatable bonds is 18. The van der Waals surface area contributed by atoms with Gasteiger partial charge in [0.05, 0.1) is 24.8 Å². The summed E-state index contributed by atoms with van der Waals surface area (Å²) in [5.74, 6) is -1.04. The predicted molar refractivity (Wildman–Crippen MR) is 244 cm³/mol. The van der Waals surface area contributed by atoms with Crippen LogP contribution in [0, 0.1) is 17.3 Å². The molecule has 0 saturated carbocycles. The molecule has 2 saturated heterocycles. The first kappa shape index (κ1) is 46.7. The van der Waals surface area contributed by atoms with Crippen LogP contribution in [0.15, 0.2) is 54.9 Å². The summed E-state index contributed by atoms with van der Waals surface area (Å²) >= 11 is 0. The van der Waals surface area contributed by atoms with Crippen molar-refractivity contribution in [1.29, 1.82) is 0 Å². The molecule has 13 nitrogen and oxygen atoms in total. The van der Waals surface area contributed by atoms with E-state index in [2.05, 4.69) is 64.6 Å². The number of ether oxygens (including phenoxy) is 2. The van der Waals surface area contributed by atoms with Crippen molar-refractivity contribution < 1.29 is 29.0 Å². The molecule has 4 N–H and O–H groups in total. The van der Waals surface area contributed by atoms with Crippen LogP contribution >= 0.6 is 0 Å². The number of amides is 3. The van der Waals surface area contributed by atoms with E-state index in [-0.39, 0.29) is 47.1 Å². The Morgan fingerprint density at radius 1 is 1.05 bits per heavy atom. The summed E-state index contributed by atoms with van der Waals surface area (Å²) in [5, 5.41) is 20.4. The first-order valence-electron chi connectivity index (χ1n) is 22.6. The standard InChI is InChI=1S/C49H69N7O6/c1-9-55-43-16-15-34(26-39(43)40(27-49(5,6)31-62-10-2)45(55)41-29-51-20-17-36(41)30-61-8)37-22-33(23-38(57)25-37)24-42(48(60)56-21-12-11-19-52-56)53-46(58)44(32(3)4)54(7)47(59)35-14-13-18-50-28-35/h15-17,20,22-23,25-26,29,32,35,42,44,50,52,57H,9-14,18-19,21,24,27-28,30-31H2,1-8H3,(H,53,58)/t35-,42-,44-/m0/s1. The van der Waals surface area contributed by atoms with Crippen LogP contribution in [-0.2, 0) is 49.9 Å². The fraction of sp³-hybridized carbons (Fsp3) is 0.551. The number of benzene rings is 2. The molecule has 0 bridgehead atoms. The number of hydrogen-bond acceptors (Lipinski definition) is 9. The van der Waals surface area contributed by atoms with Gasteiger partial charge in [0.1, 0.15) is 17.8 Å². The van der Waals surface area contributed by atoms with E-state index in [0.29, 0.717) is 45.0 Å². The van der Waals surface area contributed by atoms with E-state index in [1.54, 1.807) is 42.4 Å². The molecule has 13 heteroatoms. The topological polar surface area (TPSA) is 150 Å². The molecular formula is C49H69N7O6. The summed E-state index contributed by atoms with van der Waals surface area (Å²) in [4.78, 5) is 48.4. The van der Waals surface area contributed by atoms with E-state index in [9.17, 15) is 19.5 Å². The van der Waals surface area contributed by atoms with Crippen molar-refractivity contribution in [2.24, 2.45) is 17.3 Å². The lowest BCUT2D eigenvalue weighted by atomic mass is 9.84. The van der Waals surface area contributed by atoms with Gasteiger partial charge in [0.25, 0.3) is 5.91 Å². The second-order valence-electron chi connectivity index (χ2n) is 18.2. The predicted octanol–water partition coefficient (Wildman–Crippen LogP) is 6.48. The SMILES string of the molecule is CCOCC(C)(C)Cc1c(-c2cnccc2COC)n(CC)c2ccc(-c3cc(O)cc(C[C@H](NC(=O)[C@H](C(C)C)N(C)C(=O)[C@H]4CCCNC4)C(=O)N4CCCCN4)c3)cc12. The molecule has 3 atom stereocenters. The van der Waals surface area contributed by atoms with Crippen LogP contribution in [0.2, 0.25) is 0 Å². The van der Waals surface area contributed by atoms with E-state index in [0.717, 1.165) is 84.0 Å². The molecule has 2 aliphatic heterocycles. The molecule has 2 aromatic heterocycles. The van der Waals surface area contributed by atoms with Gasteiger partial charge in [-0.05, 0) is 122 Å². The molecule has 2 aromatic carbocycles. The molecule has 0 spiro atoms. The summed E-state index contributed by atoms with van der Waals surface area (Å²) in [7, 11) is 3.40.